The van der Waals surface area contributed by atoms with Crippen LogP contribution in [0, 0.1) is 45.3 Å². The molecule has 0 aromatic rings. The maximum absolute atomic E-state index is 12.9. The van der Waals surface area contributed by atoms with E-state index < -0.39 is 190 Å². The molecule has 5 heterocycles. The molecule has 9 fully saturated rings. The zero-order valence-electron chi connectivity index (χ0n) is 49.5. The van der Waals surface area contributed by atoms with E-state index >= 15 is 0 Å². The summed E-state index contributed by atoms with van der Waals surface area (Å²) in [6.45, 7) is 14.6. The number of allylic oxidation sites excluding steroid dienone is 2. The minimum absolute atomic E-state index is 0.0251. The van der Waals surface area contributed by atoms with Gasteiger partial charge >= 0.3 is 0 Å². The van der Waals surface area contributed by atoms with Crippen molar-refractivity contribution in [3.63, 3.8) is 0 Å². The van der Waals surface area contributed by atoms with Gasteiger partial charge in [-0.3, -0.25) is 0 Å². The summed E-state index contributed by atoms with van der Waals surface area (Å²) in [6, 6.07) is 0. The fourth-order valence-electron chi connectivity index (χ4n) is 17.1. The molecule has 486 valence electrons. The maximum Gasteiger partial charge on any atom is 0.189 e. The Balaban J connectivity index is 0.895. The predicted molar refractivity (Wildman–Crippen MR) is 287 cm³/mol. The second-order valence-electron chi connectivity index (χ2n) is 27.7. The van der Waals surface area contributed by atoms with E-state index in [1.165, 1.54) is 0 Å². The molecule has 0 radical (unpaired) electrons. The number of hydrogen-bond donors (Lipinski definition) is 16. The molecule has 9 aliphatic rings. The molecule has 0 aromatic carbocycles. The van der Waals surface area contributed by atoms with E-state index in [-0.39, 0.29) is 47.7 Å². The van der Waals surface area contributed by atoms with Gasteiger partial charge in [-0.05, 0) is 124 Å². The van der Waals surface area contributed by atoms with Gasteiger partial charge in [0.1, 0.15) is 110 Å². The molecular formula is C58H98O26. The first-order valence-electron chi connectivity index (χ1n) is 30.2. The molecule has 26 nitrogen and oxygen atoms in total. The molecule has 84 heavy (non-hydrogen) atoms. The second kappa shape index (κ2) is 25.8. The molecule has 5 aliphatic heterocycles. The van der Waals surface area contributed by atoms with Crippen LogP contribution in [0.15, 0.2) is 11.6 Å². The minimum Gasteiger partial charge on any atom is -0.394 e. The molecule has 9 rings (SSSR count). The van der Waals surface area contributed by atoms with Crippen molar-refractivity contribution in [3.8, 4) is 0 Å². The quantitative estimate of drug-likeness (QED) is 0.0507. The highest BCUT2D eigenvalue weighted by Crippen LogP contribution is 2.76. The molecule has 33 unspecified atom stereocenters. The molecule has 26 heteroatoms. The van der Waals surface area contributed by atoms with Crippen LogP contribution in [0.4, 0.5) is 0 Å². The summed E-state index contributed by atoms with van der Waals surface area (Å²) in [6.07, 6.45) is -29.8. The van der Waals surface area contributed by atoms with Crippen LogP contribution < -0.4 is 0 Å². The largest absolute Gasteiger partial charge is 0.394 e. The average Bonchev–Trinajstić information content (AvgIpc) is 1.25. The monoisotopic (exact) mass is 1210 g/mol. The van der Waals surface area contributed by atoms with Crippen molar-refractivity contribution in [3.05, 3.63) is 11.6 Å². The summed E-state index contributed by atoms with van der Waals surface area (Å²) < 4.78 is 60.2. The van der Waals surface area contributed by atoms with Crippen LogP contribution in [-0.2, 0) is 47.4 Å². The third-order valence-corrected chi connectivity index (χ3v) is 22.3. The van der Waals surface area contributed by atoms with E-state index in [1.807, 2.05) is 20.8 Å². The standard InChI is InChI=1S/C58H98O26/c1-24(2)10-9-14-58(8,84-52-47(74)42(69)40(67)31(80-52)23-75-30-22-77-50(45(72)39(30)66)83-49-44(71)36(63)27(62)21-76-49)25-11-16-57(7)35(25)26(61)18-33-55(5)15-13-34(54(3,4)32(55)12-17-56(33,57)6)81-53-48(43(70)38(65)29(20-60)79-53)82-51-46(73)41(68)37(64)28(19-59)78-51/h10,25-53,59-74H,9,11-23H2,1-8H3. The highest BCUT2D eigenvalue weighted by molar-refractivity contribution is 5.21. The third-order valence-electron chi connectivity index (χ3n) is 22.3. The highest BCUT2D eigenvalue weighted by Gasteiger charge is 2.72. The summed E-state index contributed by atoms with van der Waals surface area (Å²) in [4.78, 5) is 0. The van der Waals surface area contributed by atoms with E-state index in [0.29, 0.717) is 38.5 Å². The Labute approximate surface area is 490 Å². The Morgan fingerprint density at radius 2 is 1.10 bits per heavy atom. The van der Waals surface area contributed by atoms with Gasteiger partial charge in [0.2, 0.25) is 0 Å². The lowest BCUT2D eigenvalue weighted by Crippen LogP contribution is -2.68. The molecule has 0 spiro atoms. The molecule has 0 amide bonds. The van der Waals surface area contributed by atoms with Crippen LogP contribution in [-0.4, -0.2) is 274 Å². The normalized spacial score (nSPS) is 53.0. The van der Waals surface area contributed by atoms with Gasteiger partial charge in [-0.15, -0.1) is 0 Å². The Kier molecular flexibility index (Phi) is 20.6. The van der Waals surface area contributed by atoms with E-state index in [0.717, 1.165) is 24.8 Å². The minimum atomic E-state index is -1.82. The summed E-state index contributed by atoms with van der Waals surface area (Å²) in [5, 5.41) is 174. The summed E-state index contributed by atoms with van der Waals surface area (Å²) in [5.74, 6) is -0.525. The summed E-state index contributed by atoms with van der Waals surface area (Å²) >= 11 is 0. The molecule has 0 bridgehead atoms. The fourth-order valence-corrected chi connectivity index (χ4v) is 17.1. The van der Waals surface area contributed by atoms with Gasteiger partial charge in [0.15, 0.2) is 31.5 Å². The molecule has 0 aromatic heterocycles. The van der Waals surface area contributed by atoms with E-state index in [1.54, 1.807) is 0 Å². The SMILES string of the molecule is CC(C)=CCCC(C)(OC1OC(COC2COC(OC3OCC(O)C(O)C3O)C(O)C2O)C(O)C(O)C1O)C1CCC2(C)C1C(O)CC1C3(C)CCC(OC4OC(CO)C(O)C(O)C4OC4OC(CO)C(O)C(O)C4O)C(C)(C)C3CCC12C. The van der Waals surface area contributed by atoms with E-state index in [4.69, 9.17) is 47.4 Å². The van der Waals surface area contributed by atoms with Gasteiger partial charge in [-0.1, -0.05) is 46.3 Å². The lowest BCUT2D eigenvalue weighted by atomic mass is 9.35. The van der Waals surface area contributed by atoms with Gasteiger partial charge in [0.05, 0.1) is 50.8 Å². The molecule has 4 aliphatic carbocycles. The first-order valence-corrected chi connectivity index (χ1v) is 30.2. The van der Waals surface area contributed by atoms with Gasteiger partial charge in [0, 0.05) is 0 Å². The second-order valence-corrected chi connectivity index (χ2v) is 27.7. The van der Waals surface area contributed by atoms with Crippen molar-refractivity contribution in [1.29, 1.82) is 0 Å². The van der Waals surface area contributed by atoms with Crippen LogP contribution in [0.5, 0.6) is 0 Å². The summed E-state index contributed by atoms with van der Waals surface area (Å²) in [7, 11) is 0. The van der Waals surface area contributed by atoms with Crippen LogP contribution in [0.1, 0.15) is 113 Å². The number of fused-ring (bicyclic) bond motifs is 5. The van der Waals surface area contributed by atoms with Crippen molar-refractivity contribution >= 4 is 0 Å². The van der Waals surface area contributed by atoms with Crippen molar-refractivity contribution in [2.24, 2.45) is 45.3 Å². The van der Waals surface area contributed by atoms with Gasteiger partial charge in [-0.2, -0.15) is 0 Å². The first-order chi connectivity index (χ1) is 39.4. The molecular weight excluding hydrogens is 1110 g/mol. The summed E-state index contributed by atoms with van der Waals surface area (Å²) in [5.41, 5.74) is -1.67. The highest BCUT2D eigenvalue weighted by atomic mass is 16.8. The first kappa shape index (κ1) is 67.1. The van der Waals surface area contributed by atoms with Crippen molar-refractivity contribution in [2.45, 2.75) is 272 Å². The fraction of sp³-hybridized carbons (Fsp3) is 0.966. The number of ether oxygens (including phenoxy) is 10. The van der Waals surface area contributed by atoms with Crippen LogP contribution in [0.2, 0.25) is 0 Å². The average molecular weight is 1210 g/mol. The molecule has 4 saturated carbocycles. The van der Waals surface area contributed by atoms with E-state index in [9.17, 15) is 81.7 Å². The zero-order chi connectivity index (χ0) is 61.5. The third kappa shape index (κ3) is 12.0. The zero-order valence-corrected chi connectivity index (χ0v) is 49.5. The topological polar surface area (TPSA) is 416 Å². The Morgan fingerprint density at radius 3 is 1.74 bits per heavy atom. The molecule has 16 N–H and O–H groups in total. The Bertz CT molecular complexity index is 2210. The van der Waals surface area contributed by atoms with Crippen LogP contribution in [0.3, 0.4) is 0 Å². The molecule has 5 saturated heterocycles. The van der Waals surface area contributed by atoms with Crippen molar-refractivity contribution < 1.29 is 129 Å². The van der Waals surface area contributed by atoms with Crippen molar-refractivity contribution in [2.75, 3.05) is 33.0 Å². The predicted octanol–water partition coefficient (Wildman–Crippen LogP) is -3.10. The van der Waals surface area contributed by atoms with Gasteiger partial charge in [-0.25, -0.2) is 0 Å². The lowest BCUT2D eigenvalue weighted by molar-refractivity contribution is -0.378. The maximum atomic E-state index is 12.9. The van der Waals surface area contributed by atoms with Crippen LogP contribution >= 0.6 is 0 Å². The number of aliphatic hydroxyl groups excluding tert-OH is 16. The Hall–Kier alpha value is -1.30. The molecule has 33 atom stereocenters. The van der Waals surface area contributed by atoms with Gasteiger partial charge in [0.25, 0.3) is 0 Å². The van der Waals surface area contributed by atoms with E-state index in [2.05, 4.69) is 40.7 Å². The lowest BCUT2D eigenvalue weighted by Gasteiger charge is -2.71. The number of rotatable bonds is 17. The smallest absolute Gasteiger partial charge is 0.189 e. The van der Waals surface area contributed by atoms with Crippen molar-refractivity contribution in [1.82, 2.24) is 0 Å². The Morgan fingerprint density at radius 1 is 0.536 bits per heavy atom. The number of aliphatic hydroxyl groups is 16. The van der Waals surface area contributed by atoms with Crippen LogP contribution in [0.25, 0.3) is 0 Å². The number of hydrogen-bond acceptors (Lipinski definition) is 26. The van der Waals surface area contributed by atoms with Gasteiger partial charge < -0.3 is 129 Å².